The summed E-state index contributed by atoms with van der Waals surface area (Å²) >= 11 is 6.42. The highest BCUT2D eigenvalue weighted by atomic mass is 35.5. The number of methoxy groups -OCH3 is 1. The average molecular weight is 522 g/mol. The summed E-state index contributed by atoms with van der Waals surface area (Å²) in [6.45, 7) is 6.06. The Hall–Kier alpha value is -3.97. The molecule has 1 saturated heterocycles. The van der Waals surface area contributed by atoms with Crippen LogP contribution in [-0.2, 0) is 9.59 Å². The van der Waals surface area contributed by atoms with Gasteiger partial charge in [-0.05, 0) is 80.9 Å². The first-order chi connectivity index (χ1) is 17.7. The maximum Gasteiger partial charge on any atom is 0.300 e. The fraction of sp³-hybridized carbons (Fsp3) is 0.241. The first-order valence-corrected chi connectivity index (χ1v) is 12.3. The standard InChI is InChI=1S/C29H28ClNO6/c1-5-36-21-13-14-24(30)23(16-21)27(32)25-26(18-7-6-8-22(15-18)37-17(2)3)31(29(34)28(25)33)19-9-11-20(35-4)12-10-19/h6-17,26,32H,5H2,1-4H3/b27-25+. The molecule has 0 radical (unpaired) electrons. The molecule has 0 aromatic heterocycles. The van der Waals surface area contributed by atoms with E-state index in [0.29, 0.717) is 35.1 Å². The van der Waals surface area contributed by atoms with Gasteiger partial charge in [0.1, 0.15) is 23.0 Å². The van der Waals surface area contributed by atoms with Gasteiger partial charge in [0.25, 0.3) is 11.7 Å². The highest BCUT2D eigenvalue weighted by Crippen LogP contribution is 2.44. The fourth-order valence-corrected chi connectivity index (χ4v) is 4.48. The molecule has 1 heterocycles. The molecule has 1 amide bonds. The number of ketones is 1. The van der Waals surface area contributed by atoms with E-state index in [1.54, 1.807) is 73.8 Å². The van der Waals surface area contributed by atoms with E-state index in [-0.39, 0.29) is 28.0 Å². The largest absolute Gasteiger partial charge is 0.507 e. The summed E-state index contributed by atoms with van der Waals surface area (Å²) in [4.78, 5) is 28.2. The van der Waals surface area contributed by atoms with Crippen LogP contribution in [0, 0.1) is 0 Å². The molecule has 1 fully saturated rings. The summed E-state index contributed by atoms with van der Waals surface area (Å²) in [5.74, 6) is -0.342. The number of hydrogen-bond donors (Lipinski definition) is 1. The van der Waals surface area contributed by atoms with Crippen molar-refractivity contribution in [2.45, 2.75) is 32.9 Å². The zero-order chi connectivity index (χ0) is 26.7. The van der Waals surface area contributed by atoms with Gasteiger partial charge in [-0.2, -0.15) is 0 Å². The van der Waals surface area contributed by atoms with Crippen LogP contribution in [0.25, 0.3) is 5.76 Å². The first kappa shape index (κ1) is 26.1. The number of carbonyl (C=O) groups excluding carboxylic acids is 2. The molecule has 0 bridgehead atoms. The number of ether oxygens (including phenoxy) is 3. The number of aliphatic hydroxyl groups excluding tert-OH is 1. The molecule has 37 heavy (non-hydrogen) atoms. The predicted molar refractivity (Wildman–Crippen MR) is 143 cm³/mol. The third-order valence-electron chi connectivity index (χ3n) is 5.84. The van der Waals surface area contributed by atoms with Crippen molar-refractivity contribution in [2.75, 3.05) is 18.6 Å². The number of amides is 1. The second kappa shape index (κ2) is 11.0. The number of hydrogen-bond acceptors (Lipinski definition) is 6. The lowest BCUT2D eigenvalue weighted by atomic mass is 9.94. The summed E-state index contributed by atoms with van der Waals surface area (Å²) in [6, 6.07) is 17.8. The number of aliphatic hydroxyl groups is 1. The van der Waals surface area contributed by atoms with Crippen molar-refractivity contribution >= 4 is 34.7 Å². The van der Waals surface area contributed by atoms with Crippen molar-refractivity contribution in [2.24, 2.45) is 0 Å². The molecule has 1 unspecified atom stereocenters. The number of Topliss-reactive ketones (excluding diaryl/α,β-unsaturated/α-hetero) is 1. The van der Waals surface area contributed by atoms with Crippen molar-refractivity contribution in [1.29, 1.82) is 0 Å². The van der Waals surface area contributed by atoms with Crippen LogP contribution >= 0.6 is 11.6 Å². The Kier molecular flexibility index (Phi) is 7.74. The molecule has 1 N–H and O–H groups in total. The van der Waals surface area contributed by atoms with Crippen molar-refractivity contribution < 1.29 is 28.9 Å². The van der Waals surface area contributed by atoms with Crippen LogP contribution in [0.15, 0.2) is 72.3 Å². The molecule has 0 aliphatic carbocycles. The van der Waals surface area contributed by atoms with Crippen molar-refractivity contribution in [3.63, 3.8) is 0 Å². The van der Waals surface area contributed by atoms with Gasteiger partial charge in [0.2, 0.25) is 0 Å². The SMILES string of the molecule is CCOc1ccc(Cl)c(/C(O)=C2\C(=O)C(=O)N(c3ccc(OC)cc3)C2c2cccc(OC(C)C)c2)c1. The van der Waals surface area contributed by atoms with Crippen LogP contribution in [-0.4, -0.2) is 36.6 Å². The molecule has 192 valence electrons. The number of halogens is 1. The van der Waals surface area contributed by atoms with Crippen molar-refractivity contribution in [1.82, 2.24) is 0 Å². The minimum absolute atomic E-state index is 0.0803. The number of carbonyl (C=O) groups is 2. The maximum atomic E-state index is 13.5. The Balaban J connectivity index is 1.94. The fourth-order valence-electron chi connectivity index (χ4n) is 4.27. The topological polar surface area (TPSA) is 85.3 Å². The predicted octanol–water partition coefficient (Wildman–Crippen LogP) is 6.16. The molecular formula is C29H28ClNO6. The molecule has 4 rings (SSSR count). The molecule has 7 nitrogen and oxygen atoms in total. The average Bonchev–Trinajstić information content (AvgIpc) is 3.15. The highest BCUT2D eigenvalue weighted by Gasteiger charge is 2.47. The minimum atomic E-state index is -0.934. The summed E-state index contributed by atoms with van der Waals surface area (Å²) in [5.41, 5.74) is 1.17. The third kappa shape index (κ3) is 5.27. The number of anilines is 1. The lowest BCUT2D eigenvalue weighted by molar-refractivity contribution is -0.132. The van der Waals surface area contributed by atoms with Crippen LogP contribution in [0.1, 0.15) is 37.9 Å². The first-order valence-electron chi connectivity index (χ1n) is 11.9. The molecule has 3 aromatic carbocycles. The van der Waals surface area contributed by atoms with Crippen LogP contribution in [0.5, 0.6) is 17.2 Å². The Labute approximate surface area is 220 Å². The van der Waals surface area contributed by atoms with E-state index >= 15 is 0 Å². The van der Waals surface area contributed by atoms with Gasteiger partial charge in [-0.25, -0.2) is 0 Å². The Morgan fingerprint density at radius 2 is 1.70 bits per heavy atom. The molecule has 8 heteroatoms. The Bertz CT molecular complexity index is 1350. The molecule has 1 aliphatic heterocycles. The third-order valence-corrected chi connectivity index (χ3v) is 6.17. The van der Waals surface area contributed by atoms with Gasteiger partial charge in [-0.15, -0.1) is 0 Å². The molecular weight excluding hydrogens is 494 g/mol. The highest BCUT2D eigenvalue weighted by molar-refractivity contribution is 6.52. The van der Waals surface area contributed by atoms with Crippen molar-refractivity contribution in [3.8, 4) is 17.2 Å². The van der Waals surface area contributed by atoms with Crippen LogP contribution in [0.3, 0.4) is 0 Å². The molecule has 3 aromatic rings. The minimum Gasteiger partial charge on any atom is -0.507 e. The summed E-state index contributed by atoms with van der Waals surface area (Å²) in [6.07, 6.45) is -0.0803. The zero-order valence-electron chi connectivity index (χ0n) is 21.0. The second-order valence-corrected chi connectivity index (χ2v) is 9.09. The van der Waals surface area contributed by atoms with Crippen LogP contribution in [0.4, 0.5) is 5.69 Å². The molecule has 0 saturated carbocycles. The maximum absolute atomic E-state index is 13.5. The quantitative estimate of drug-likeness (QED) is 0.217. The lowest BCUT2D eigenvalue weighted by Gasteiger charge is -2.26. The van der Waals surface area contributed by atoms with E-state index in [9.17, 15) is 14.7 Å². The molecule has 1 aliphatic rings. The van der Waals surface area contributed by atoms with Gasteiger partial charge in [0.05, 0.1) is 36.5 Å². The van der Waals surface area contributed by atoms with E-state index in [0.717, 1.165) is 0 Å². The van der Waals surface area contributed by atoms with Gasteiger partial charge >= 0.3 is 0 Å². The number of rotatable bonds is 8. The Morgan fingerprint density at radius 3 is 2.35 bits per heavy atom. The van der Waals surface area contributed by atoms with Crippen LogP contribution < -0.4 is 19.1 Å². The normalized spacial score (nSPS) is 16.8. The Morgan fingerprint density at radius 1 is 1.00 bits per heavy atom. The van der Waals surface area contributed by atoms with Crippen molar-refractivity contribution in [3.05, 3.63) is 88.5 Å². The molecule has 1 atom stereocenters. The van der Waals surface area contributed by atoms with Gasteiger partial charge in [-0.1, -0.05) is 23.7 Å². The van der Waals surface area contributed by atoms with E-state index in [4.69, 9.17) is 25.8 Å². The van der Waals surface area contributed by atoms with E-state index in [1.165, 1.54) is 4.90 Å². The van der Waals surface area contributed by atoms with Gasteiger partial charge in [-0.3, -0.25) is 14.5 Å². The summed E-state index contributed by atoms with van der Waals surface area (Å²) < 4.78 is 16.7. The van der Waals surface area contributed by atoms with E-state index in [1.807, 2.05) is 20.8 Å². The van der Waals surface area contributed by atoms with Gasteiger partial charge in [0.15, 0.2) is 0 Å². The van der Waals surface area contributed by atoms with Crippen LogP contribution in [0.2, 0.25) is 5.02 Å². The second-order valence-electron chi connectivity index (χ2n) is 8.68. The smallest absolute Gasteiger partial charge is 0.300 e. The number of nitrogens with zero attached hydrogens (tertiary/aromatic N) is 1. The zero-order valence-corrected chi connectivity index (χ0v) is 21.8. The summed E-state index contributed by atoms with van der Waals surface area (Å²) in [7, 11) is 1.54. The summed E-state index contributed by atoms with van der Waals surface area (Å²) in [5, 5.41) is 11.7. The van der Waals surface area contributed by atoms with E-state index in [2.05, 4.69) is 0 Å². The monoisotopic (exact) mass is 521 g/mol. The molecule has 0 spiro atoms. The number of benzene rings is 3. The lowest BCUT2D eigenvalue weighted by Crippen LogP contribution is -2.29. The van der Waals surface area contributed by atoms with Gasteiger partial charge < -0.3 is 19.3 Å². The van der Waals surface area contributed by atoms with E-state index < -0.39 is 17.7 Å². The van der Waals surface area contributed by atoms with Gasteiger partial charge in [0, 0.05) is 11.3 Å².